The van der Waals surface area contributed by atoms with Crippen LogP contribution in [-0.2, 0) is 0 Å². The molecule has 4 nitrogen and oxygen atoms in total. The highest BCUT2D eigenvalue weighted by molar-refractivity contribution is 9.10. The molecule has 1 aromatic carbocycles. The number of aromatic nitrogens is 3. The molecule has 0 N–H and O–H groups in total. The maximum Gasteiger partial charge on any atom is 0.252 e. The SMILES string of the molecule is O=C(Cl)c1ccc(-n2cnnc2)c(Br)c1. The first-order valence-electron chi connectivity index (χ1n) is 4.03. The fourth-order valence-electron chi connectivity index (χ4n) is 1.16. The van der Waals surface area contributed by atoms with Crippen molar-refractivity contribution < 1.29 is 4.79 Å². The molecule has 76 valence electrons. The molecule has 0 aliphatic carbocycles. The molecule has 2 aromatic rings. The Hall–Kier alpha value is -1.20. The summed E-state index contributed by atoms with van der Waals surface area (Å²) in [6.07, 6.45) is 3.14. The van der Waals surface area contributed by atoms with Gasteiger partial charge < -0.3 is 0 Å². The lowest BCUT2D eigenvalue weighted by Crippen LogP contribution is -1.95. The van der Waals surface area contributed by atoms with Gasteiger partial charge in [-0.1, -0.05) is 0 Å². The molecule has 0 amide bonds. The summed E-state index contributed by atoms with van der Waals surface area (Å²) in [7, 11) is 0. The Bertz CT molecular complexity index is 498. The number of halogens is 2. The lowest BCUT2D eigenvalue weighted by molar-refractivity contribution is 0.108. The minimum Gasteiger partial charge on any atom is -0.287 e. The Morgan fingerprint density at radius 1 is 1.33 bits per heavy atom. The van der Waals surface area contributed by atoms with E-state index in [9.17, 15) is 4.79 Å². The minimum absolute atomic E-state index is 0.445. The van der Waals surface area contributed by atoms with Crippen LogP contribution in [0, 0.1) is 0 Å². The Morgan fingerprint density at radius 3 is 2.53 bits per heavy atom. The van der Waals surface area contributed by atoms with Crippen molar-refractivity contribution in [1.29, 1.82) is 0 Å². The molecule has 6 heteroatoms. The van der Waals surface area contributed by atoms with Crippen molar-refractivity contribution in [2.75, 3.05) is 0 Å². The van der Waals surface area contributed by atoms with Crippen LogP contribution in [0.5, 0.6) is 0 Å². The van der Waals surface area contributed by atoms with E-state index in [1.54, 1.807) is 35.4 Å². The van der Waals surface area contributed by atoms with Crippen LogP contribution in [0.3, 0.4) is 0 Å². The van der Waals surface area contributed by atoms with E-state index in [4.69, 9.17) is 11.6 Å². The molecule has 1 heterocycles. The van der Waals surface area contributed by atoms with Crippen molar-refractivity contribution in [3.8, 4) is 5.69 Å². The highest BCUT2D eigenvalue weighted by Crippen LogP contribution is 2.22. The maximum absolute atomic E-state index is 10.9. The zero-order valence-corrected chi connectivity index (χ0v) is 9.73. The molecule has 0 saturated heterocycles. The van der Waals surface area contributed by atoms with Crippen molar-refractivity contribution >= 4 is 32.8 Å². The smallest absolute Gasteiger partial charge is 0.252 e. The molecule has 1 aromatic heterocycles. The van der Waals surface area contributed by atoms with Gasteiger partial charge in [0.15, 0.2) is 0 Å². The van der Waals surface area contributed by atoms with Crippen molar-refractivity contribution in [1.82, 2.24) is 14.8 Å². The van der Waals surface area contributed by atoms with E-state index < -0.39 is 5.24 Å². The van der Waals surface area contributed by atoms with Crippen LogP contribution in [-0.4, -0.2) is 20.0 Å². The third-order valence-electron chi connectivity index (χ3n) is 1.87. The molecule has 0 atom stereocenters. The highest BCUT2D eigenvalue weighted by Gasteiger charge is 2.07. The lowest BCUT2D eigenvalue weighted by atomic mass is 10.2. The second-order valence-electron chi connectivity index (χ2n) is 2.81. The van der Waals surface area contributed by atoms with Crippen LogP contribution in [0.4, 0.5) is 0 Å². The molecule has 0 bridgehead atoms. The predicted octanol–water partition coefficient (Wildman–Crippen LogP) is 2.41. The minimum atomic E-state index is -0.481. The van der Waals surface area contributed by atoms with E-state index in [-0.39, 0.29) is 0 Å². The molecule has 0 unspecified atom stereocenters. The van der Waals surface area contributed by atoms with Gasteiger partial charge in [-0.3, -0.25) is 9.36 Å². The van der Waals surface area contributed by atoms with Gasteiger partial charge in [0.2, 0.25) is 0 Å². The van der Waals surface area contributed by atoms with Gasteiger partial charge in [-0.25, -0.2) is 0 Å². The monoisotopic (exact) mass is 285 g/mol. The van der Waals surface area contributed by atoms with Crippen LogP contribution in [0.15, 0.2) is 35.3 Å². The van der Waals surface area contributed by atoms with Crippen LogP contribution >= 0.6 is 27.5 Å². The first-order valence-corrected chi connectivity index (χ1v) is 5.20. The van der Waals surface area contributed by atoms with Gasteiger partial charge in [0.05, 0.1) is 5.69 Å². The standard InChI is InChI=1S/C9H5BrClN3O/c10-7-3-6(9(11)15)1-2-8(7)14-4-12-13-5-14/h1-5H. The number of carbonyl (C=O) groups excluding carboxylic acids is 1. The Morgan fingerprint density at radius 2 is 2.00 bits per heavy atom. The second kappa shape index (κ2) is 4.12. The van der Waals surface area contributed by atoms with Crippen molar-refractivity contribution in [2.24, 2.45) is 0 Å². The van der Waals surface area contributed by atoms with Crippen LogP contribution in [0.1, 0.15) is 10.4 Å². The van der Waals surface area contributed by atoms with Crippen LogP contribution < -0.4 is 0 Å². The van der Waals surface area contributed by atoms with Gasteiger partial charge in [0.25, 0.3) is 5.24 Å². The molecular weight excluding hydrogens is 281 g/mol. The number of nitrogens with zero attached hydrogens (tertiary/aromatic N) is 3. The van der Waals surface area contributed by atoms with E-state index in [0.717, 1.165) is 10.2 Å². The van der Waals surface area contributed by atoms with E-state index >= 15 is 0 Å². The average Bonchev–Trinajstić information content (AvgIpc) is 2.70. The Labute approximate surface area is 99.0 Å². The third kappa shape index (κ3) is 2.08. The van der Waals surface area contributed by atoms with Crippen molar-refractivity contribution in [3.63, 3.8) is 0 Å². The molecule has 0 fully saturated rings. The summed E-state index contributed by atoms with van der Waals surface area (Å²) in [4.78, 5) is 10.9. The summed E-state index contributed by atoms with van der Waals surface area (Å²) in [5.74, 6) is 0. The van der Waals surface area contributed by atoms with Gasteiger partial charge in [0, 0.05) is 10.0 Å². The highest BCUT2D eigenvalue weighted by atomic mass is 79.9. The van der Waals surface area contributed by atoms with E-state index in [0.29, 0.717) is 5.56 Å². The second-order valence-corrected chi connectivity index (χ2v) is 4.01. The maximum atomic E-state index is 10.9. The predicted molar refractivity (Wildman–Crippen MR) is 59.2 cm³/mol. The zero-order chi connectivity index (χ0) is 10.8. The first kappa shape index (κ1) is 10.3. The molecule has 0 spiro atoms. The largest absolute Gasteiger partial charge is 0.287 e. The zero-order valence-electron chi connectivity index (χ0n) is 7.39. The van der Waals surface area contributed by atoms with Crippen LogP contribution in [0.2, 0.25) is 0 Å². The first-order chi connectivity index (χ1) is 7.18. The molecule has 0 radical (unpaired) electrons. The number of rotatable bonds is 2. The lowest BCUT2D eigenvalue weighted by Gasteiger charge is -2.04. The normalized spacial score (nSPS) is 10.3. The summed E-state index contributed by atoms with van der Waals surface area (Å²) in [6, 6.07) is 5.07. The average molecular weight is 287 g/mol. The summed E-state index contributed by atoms with van der Waals surface area (Å²) in [6.45, 7) is 0. The molecular formula is C9H5BrClN3O. The van der Waals surface area contributed by atoms with Gasteiger partial charge in [-0.15, -0.1) is 10.2 Å². The van der Waals surface area contributed by atoms with Gasteiger partial charge in [-0.2, -0.15) is 0 Å². The summed E-state index contributed by atoms with van der Waals surface area (Å²) < 4.78 is 2.49. The van der Waals surface area contributed by atoms with Gasteiger partial charge >= 0.3 is 0 Å². The summed E-state index contributed by atoms with van der Waals surface area (Å²) in [5.41, 5.74) is 1.29. The van der Waals surface area contributed by atoms with E-state index in [1.165, 1.54) is 0 Å². The number of benzene rings is 1. The van der Waals surface area contributed by atoms with Gasteiger partial charge in [-0.05, 0) is 45.7 Å². The molecule has 0 saturated carbocycles. The van der Waals surface area contributed by atoms with Gasteiger partial charge in [0.1, 0.15) is 12.7 Å². The quantitative estimate of drug-likeness (QED) is 0.797. The number of hydrogen-bond acceptors (Lipinski definition) is 3. The Kier molecular flexibility index (Phi) is 2.83. The molecule has 0 aliphatic heterocycles. The molecule has 0 aliphatic rings. The summed E-state index contributed by atoms with van der Waals surface area (Å²) >= 11 is 8.71. The number of carbonyl (C=O) groups is 1. The fourth-order valence-corrected chi connectivity index (χ4v) is 1.86. The fraction of sp³-hybridized carbons (Fsp3) is 0. The Balaban J connectivity index is 2.48. The summed E-state index contributed by atoms with van der Waals surface area (Å²) in [5, 5.41) is 6.91. The molecule has 2 rings (SSSR count). The van der Waals surface area contributed by atoms with E-state index in [1.807, 2.05) is 0 Å². The van der Waals surface area contributed by atoms with E-state index in [2.05, 4.69) is 26.1 Å². The van der Waals surface area contributed by atoms with Crippen molar-refractivity contribution in [3.05, 3.63) is 40.9 Å². The van der Waals surface area contributed by atoms with Crippen molar-refractivity contribution in [2.45, 2.75) is 0 Å². The molecule has 15 heavy (non-hydrogen) atoms. The number of hydrogen-bond donors (Lipinski definition) is 0. The topological polar surface area (TPSA) is 47.8 Å². The third-order valence-corrected chi connectivity index (χ3v) is 2.72. The van der Waals surface area contributed by atoms with Crippen LogP contribution in [0.25, 0.3) is 5.69 Å².